The molecule has 2 aliphatic rings. The van der Waals surface area contributed by atoms with Crippen molar-refractivity contribution in [2.24, 2.45) is 0 Å². The van der Waals surface area contributed by atoms with E-state index in [-0.39, 0.29) is 23.6 Å². The third-order valence-corrected chi connectivity index (χ3v) is 7.95. The van der Waals surface area contributed by atoms with Gasteiger partial charge in [-0.2, -0.15) is 15.2 Å². The van der Waals surface area contributed by atoms with Crippen molar-refractivity contribution in [2.75, 3.05) is 58.7 Å². The zero-order chi connectivity index (χ0) is 29.6. The summed E-state index contributed by atoms with van der Waals surface area (Å²) in [5.74, 6) is 0.910. The van der Waals surface area contributed by atoms with Crippen molar-refractivity contribution in [2.45, 2.75) is 45.7 Å². The number of carbonyl (C=O) groups excluding carboxylic acids is 2. The highest BCUT2D eigenvalue weighted by atomic mass is 16.5. The number of fused-ring (bicyclic) bond motifs is 1. The topological polar surface area (TPSA) is 143 Å². The molecule has 222 valence electrons. The number of imide groups is 1. The van der Waals surface area contributed by atoms with Crippen molar-refractivity contribution in [3.63, 3.8) is 0 Å². The van der Waals surface area contributed by atoms with Crippen LogP contribution in [-0.2, 0) is 22.7 Å². The van der Waals surface area contributed by atoms with E-state index in [2.05, 4.69) is 38.8 Å². The van der Waals surface area contributed by atoms with Gasteiger partial charge in [0.2, 0.25) is 11.8 Å². The van der Waals surface area contributed by atoms with Gasteiger partial charge in [0, 0.05) is 64.2 Å². The molecular formula is C30H38N8O4. The number of nitriles is 1. The molecular weight excluding hydrogens is 536 g/mol. The lowest BCUT2D eigenvalue weighted by molar-refractivity contribution is -0.138. The first-order chi connectivity index (χ1) is 20.4. The number of unbranched alkanes of at least 4 members (excludes halogenated alkanes) is 1. The van der Waals surface area contributed by atoms with Gasteiger partial charge < -0.3 is 19.8 Å². The van der Waals surface area contributed by atoms with Crippen LogP contribution in [0.3, 0.4) is 0 Å². The summed E-state index contributed by atoms with van der Waals surface area (Å²) in [5, 5.41) is 10.5. The Morgan fingerprint density at radius 3 is 2.43 bits per heavy atom. The van der Waals surface area contributed by atoms with E-state index < -0.39 is 0 Å². The molecule has 0 atom stereocenters. The zero-order valence-corrected chi connectivity index (χ0v) is 24.3. The second-order valence-electron chi connectivity index (χ2n) is 10.8. The molecule has 0 aliphatic carbocycles. The lowest BCUT2D eigenvalue weighted by Crippen LogP contribution is -2.48. The molecule has 2 saturated heterocycles. The number of nitrogens with two attached hydrogens (primary N) is 1. The first kappa shape index (κ1) is 29.3. The molecule has 12 nitrogen and oxygen atoms in total. The van der Waals surface area contributed by atoms with E-state index in [9.17, 15) is 14.9 Å². The molecule has 1 aromatic carbocycles. The monoisotopic (exact) mass is 574 g/mol. The Labute approximate surface area is 245 Å². The average Bonchev–Trinajstić information content (AvgIpc) is 3.51. The highest BCUT2D eigenvalue weighted by molar-refractivity contribution is 6.01. The second-order valence-corrected chi connectivity index (χ2v) is 10.8. The standard InChI is InChI=1S/C30H38N8O4/c1-3-4-15-42-30-33-28(32)24-17-23(18-31)38(29(24)34-30)20-22-6-5-21(16-25(22)41-2)19-36-11-9-35(10-12-36)13-14-37-26(39)7-8-27(37)40/h5-6,16-17H,3-4,7-15,19-20H2,1-2H3,(H2,32,33,34). The third kappa shape index (κ3) is 6.48. The van der Waals surface area contributed by atoms with Crippen LogP contribution in [0.15, 0.2) is 24.3 Å². The lowest BCUT2D eigenvalue weighted by Gasteiger charge is -2.35. The Bertz CT molecular complexity index is 1470. The van der Waals surface area contributed by atoms with Gasteiger partial charge in [-0.25, -0.2) is 0 Å². The highest BCUT2D eigenvalue weighted by Crippen LogP contribution is 2.29. The van der Waals surface area contributed by atoms with E-state index in [4.69, 9.17) is 15.2 Å². The van der Waals surface area contributed by atoms with Crippen molar-refractivity contribution in [1.82, 2.24) is 29.2 Å². The minimum Gasteiger partial charge on any atom is -0.496 e. The summed E-state index contributed by atoms with van der Waals surface area (Å²) in [6.45, 7) is 8.51. The number of benzene rings is 1. The van der Waals surface area contributed by atoms with Crippen molar-refractivity contribution < 1.29 is 19.1 Å². The zero-order valence-electron chi connectivity index (χ0n) is 24.3. The average molecular weight is 575 g/mol. The van der Waals surface area contributed by atoms with Crippen LogP contribution in [-0.4, -0.2) is 94.0 Å². The fourth-order valence-corrected chi connectivity index (χ4v) is 5.48. The SMILES string of the molecule is CCCCOc1nc(N)c2cc(C#N)n(Cc3ccc(CN4CCN(CCN5C(=O)CCC5=O)CC4)cc3OC)c2n1. The minimum atomic E-state index is -0.0524. The molecule has 4 heterocycles. The van der Waals surface area contributed by atoms with Crippen molar-refractivity contribution in [3.8, 4) is 17.8 Å². The maximum Gasteiger partial charge on any atom is 0.320 e. The number of ether oxygens (including phenoxy) is 2. The Hall–Kier alpha value is -4.21. The van der Waals surface area contributed by atoms with E-state index in [0.29, 0.717) is 49.3 Å². The molecule has 2 aromatic heterocycles. The minimum absolute atomic E-state index is 0.0524. The van der Waals surface area contributed by atoms with Crippen LogP contribution >= 0.6 is 0 Å². The van der Waals surface area contributed by atoms with Crippen LogP contribution in [0.2, 0.25) is 0 Å². The molecule has 2 aliphatic heterocycles. The van der Waals surface area contributed by atoms with Crippen molar-refractivity contribution in [3.05, 3.63) is 41.1 Å². The fourth-order valence-electron chi connectivity index (χ4n) is 5.48. The number of aromatic nitrogens is 3. The summed E-state index contributed by atoms with van der Waals surface area (Å²) >= 11 is 0. The number of nitrogens with zero attached hydrogens (tertiary/aromatic N) is 7. The van der Waals surface area contributed by atoms with Crippen LogP contribution in [0, 0.1) is 11.3 Å². The molecule has 0 spiro atoms. The molecule has 0 unspecified atom stereocenters. The predicted octanol–water partition coefficient (Wildman–Crippen LogP) is 2.39. The predicted molar refractivity (Wildman–Crippen MR) is 157 cm³/mol. The van der Waals surface area contributed by atoms with Gasteiger partial charge in [0.15, 0.2) is 5.65 Å². The van der Waals surface area contributed by atoms with Gasteiger partial charge in [0.05, 0.1) is 25.6 Å². The number of likely N-dealkylation sites (tertiary alicyclic amines) is 1. The summed E-state index contributed by atoms with van der Waals surface area (Å²) in [4.78, 5) is 38.7. The second kappa shape index (κ2) is 13.2. The number of nitrogen functional groups attached to an aromatic ring is 1. The number of hydrogen-bond donors (Lipinski definition) is 1. The quantitative estimate of drug-likeness (QED) is 0.253. The van der Waals surface area contributed by atoms with Gasteiger partial charge in [-0.05, 0) is 24.1 Å². The van der Waals surface area contributed by atoms with Gasteiger partial charge >= 0.3 is 6.01 Å². The van der Waals surface area contributed by atoms with Gasteiger partial charge in [-0.15, -0.1) is 0 Å². The van der Waals surface area contributed by atoms with E-state index in [1.165, 1.54) is 4.90 Å². The van der Waals surface area contributed by atoms with E-state index >= 15 is 0 Å². The van der Waals surface area contributed by atoms with Crippen LogP contribution in [0.25, 0.3) is 11.0 Å². The van der Waals surface area contributed by atoms with Crippen LogP contribution in [0.4, 0.5) is 5.82 Å². The van der Waals surface area contributed by atoms with Crippen LogP contribution in [0.5, 0.6) is 11.8 Å². The number of methoxy groups -OCH3 is 1. The molecule has 2 N–H and O–H groups in total. The smallest absolute Gasteiger partial charge is 0.320 e. The van der Waals surface area contributed by atoms with Crippen LogP contribution < -0.4 is 15.2 Å². The Morgan fingerprint density at radius 2 is 1.74 bits per heavy atom. The molecule has 3 aromatic rings. The van der Waals surface area contributed by atoms with Crippen LogP contribution in [0.1, 0.15) is 49.4 Å². The number of amides is 2. The molecule has 0 bridgehead atoms. The molecule has 42 heavy (non-hydrogen) atoms. The van der Waals surface area contributed by atoms with Crippen molar-refractivity contribution >= 4 is 28.7 Å². The number of hydrogen-bond acceptors (Lipinski definition) is 10. The maximum atomic E-state index is 11.9. The van der Waals surface area contributed by atoms with Gasteiger partial charge in [-0.3, -0.25) is 24.3 Å². The first-order valence-corrected chi connectivity index (χ1v) is 14.5. The molecule has 0 radical (unpaired) electrons. The summed E-state index contributed by atoms with van der Waals surface area (Å²) in [5.41, 5.74) is 9.23. The molecule has 2 amide bonds. The Kier molecular flexibility index (Phi) is 9.19. The van der Waals surface area contributed by atoms with Gasteiger partial charge in [0.1, 0.15) is 23.3 Å². The number of carbonyl (C=O) groups is 2. The molecule has 2 fully saturated rings. The van der Waals surface area contributed by atoms with Gasteiger partial charge in [-0.1, -0.05) is 25.5 Å². The first-order valence-electron chi connectivity index (χ1n) is 14.5. The molecule has 0 saturated carbocycles. The lowest BCUT2D eigenvalue weighted by atomic mass is 10.1. The van der Waals surface area contributed by atoms with Crippen molar-refractivity contribution in [1.29, 1.82) is 5.26 Å². The maximum absolute atomic E-state index is 11.9. The van der Waals surface area contributed by atoms with E-state index in [1.807, 2.05) is 16.7 Å². The Balaban J connectivity index is 1.24. The number of anilines is 1. The number of piperazine rings is 1. The third-order valence-electron chi connectivity index (χ3n) is 7.95. The summed E-state index contributed by atoms with van der Waals surface area (Å²) < 4.78 is 13.3. The van der Waals surface area contributed by atoms with E-state index in [0.717, 1.165) is 69.0 Å². The highest BCUT2D eigenvalue weighted by Gasteiger charge is 2.29. The normalized spacial score (nSPS) is 16.4. The largest absolute Gasteiger partial charge is 0.496 e. The Morgan fingerprint density at radius 1 is 1.00 bits per heavy atom. The number of rotatable bonds is 12. The summed E-state index contributed by atoms with van der Waals surface area (Å²) in [7, 11) is 1.65. The molecule has 12 heteroatoms. The fraction of sp³-hybridized carbons (Fsp3) is 0.500. The van der Waals surface area contributed by atoms with Gasteiger partial charge in [0.25, 0.3) is 0 Å². The van der Waals surface area contributed by atoms with E-state index in [1.54, 1.807) is 13.2 Å². The molecule has 5 rings (SSSR count). The summed E-state index contributed by atoms with van der Waals surface area (Å²) in [6, 6.07) is 10.3. The summed E-state index contributed by atoms with van der Waals surface area (Å²) in [6.07, 6.45) is 2.56.